The minimum absolute atomic E-state index is 0. The van der Waals surface area contributed by atoms with Crippen LogP contribution in [-0.2, 0) is 0 Å². The number of likely N-dealkylation sites (tertiary alicyclic amines) is 1. The van der Waals surface area contributed by atoms with Crippen molar-refractivity contribution in [2.75, 3.05) is 38.0 Å². The Balaban J connectivity index is 0.00000208. The second-order valence-corrected chi connectivity index (χ2v) is 6.54. The van der Waals surface area contributed by atoms with Gasteiger partial charge in [-0.25, -0.2) is 9.18 Å². The Labute approximate surface area is 148 Å². The lowest BCUT2D eigenvalue weighted by molar-refractivity contribution is 0.232. The molecule has 2 aliphatic rings. The zero-order chi connectivity index (χ0) is 16.1. The molecule has 3 rings (SSSR count). The number of carbonyl (C=O) groups is 1. The zero-order valence-corrected chi connectivity index (χ0v) is 14.6. The van der Waals surface area contributed by atoms with Gasteiger partial charge in [0, 0.05) is 31.4 Å². The summed E-state index contributed by atoms with van der Waals surface area (Å²) >= 11 is 0. The summed E-state index contributed by atoms with van der Waals surface area (Å²) in [5.41, 5.74) is 0.605. The van der Waals surface area contributed by atoms with Crippen LogP contribution in [0.4, 0.5) is 14.9 Å². The van der Waals surface area contributed by atoms with Gasteiger partial charge >= 0.3 is 6.03 Å². The fourth-order valence-electron chi connectivity index (χ4n) is 3.43. The fraction of sp³-hybridized carbons (Fsp3) is 0.588. The van der Waals surface area contributed by atoms with Gasteiger partial charge in [0.2, 0.25) is 0 Å². The molecule has 0 aliphatic carbocycles. The Hall–Kier alpha value is -1.37. The van der Waals surface area contributed by atoms with Crippen LogP contribution >= 0.6 is 12.4 Å². The van der Waals surface area contributed by atoms with E-state index in [1.807, 2.05) is 0 Å². The van der Waals surface area contributed by atoms with Crippen LogP contribution in [-0.4, -0.2) is 49.7 Å². The number of urea groups is 1. The number of carbonyl (C=O) groups excluding carboxylic acids is 1. The minimum atomic E-state index is -0.305. The van der Waals surface area contributed by atoms with E-state index >= 15 is 0 Å². The number of rotatable bonds is 4. The molecule has 3 N–H and O–H groups in total. The highest BCUT2D eigenvalue weighted by molar-refractivity contribution is 5.89. The van der Waals surface area contributed by atoms with E-state index in [1.54, 1.807) is 12.1 Å². The average molecular weight is 357 g/mol. The molecule has 0 radical (unpaired) electrons. The predicted molar refractivity (Wildman–Crippen MR) is 96.2 cm³/mol. The largest absolute Gasteiger partial charge is 0.334 e. The SMILES string of the molecule is Cl.O=C(Nc1ccc(F)cc1)NC1CCN(CC2CCNCC2)C1. The Bertz CT molecular complexity index is 522. The molecule has 1 atom stereocenters. The molecule has 5 nitrogen and oxygen atoms in total. The van der Waals surface area contributed by atoms with Crippen LogP contribution in [0.1, 0.15) is 19.3 Å². The van der Waals surface area contributed by atoms with Crippen LogP contribution in [0.2, 0.25) is 0 Å². The number of benzene rings is 1. The van der Waals surface area contributed by atoms with Crippen molar-refractivity contribution >= 4 is 24.1 Å². The lowest BCUT2D eigenvalue weighted by Gasteiger charge is -2.27. The Morgan fingerprint density at radius 3 is 2.62 bits per heavy atom. The summed E-state index contributed by atoms with van der Waals surface area (Å²) < 4.78 is 12.8. The molecule has 134 valence electrons. The fourth-order valence-corrected chi connectivity index (χ4v) is 3.43. The second kappa shape index (κ2) is 9.20. The van der Waals surface area contributed by atoms with Crippen LogP contribution in [0.15, 0.2) is 24.3 Å². The van der Waals surface area contributed by atoms with Crippen molar-refractivity contribution in [1.29, 1.82) is 0 Å². The molecular formula is C17H26ClFN4O. The third-order valence-corrected chi connectivity index (χ3v) is 4.68. The standard InChI is InChI=1S/C17H25FN4O.ClH/c18-14-1-3-15(4-2-14)20-17(23)21-16-7-10-22(12-16)11-13-5-8-19-9-6-13;/h1-4,13,16,19H,5-12H2,(H2,20,21,23);1H. The number of anilines is 1. The molecule has 7 heteroatoms. The van der Waals surface area contributed by atoms with Gasteiger partial charge in [0.25, 0.3) is 0 Å². The zero-order valence-electron chi connectivity index (χ0n) is 13.8. The predicted octanol–water partition coefficient (Wildman–Crippen LogP) is 2.44. The Morgan fingerprint density at radius 1 is 1.21 bits per heavy atom. The van der Waals surface area contributed by atoms with Gasteiger partial charge in [-0.15, -0.1) is 12.4 Å². The number of hydrogen-bond donors (Lipinski definition) is 3. The highest BCUT2D eigenvalue weighted by Gasteiger charge is 2.26. The molecular weight excluding hydrogens is 331 g/mol. The van der Waals surface area contributed by atoms with E-state index in [-0.39, 0.29) is 30.3 Å². The molecule has 24 heavy (non-hydrogen) atoms. The smallest absolute Gasteiger partial charge is 0.319 e. The topological polar surface area (TPSA) is 56.4 Å². The van der Waals surface area contributed by atoms with E-state index in [1.165, 1.54) is 25.0 Å². The van der Waals surface area contributed by atoms with Crippen molar-refractivity contribution in [1.82, 2.24) is 15.5 Å². The molecule has 2 aliphatic heterocycles. The van der Waals surface area contributed by atoms with Crippen molar-refractivity contribution in [2.24, 2.45) is 5.92 Å². The van der Waals surface area contributed by atoms with Gasteiger partial charge < -0.3 is 20.9 Å². The van der Waals surface area contributed by atoms with Crippen molar-refractivity contribution < 1.29 is 9.18 Å². The molecule has 0 spiro atoms. The van der Waals surface area contributed by atoms with Crippen LogP contribution in [0.25, 0.3) is 0 Å². The first kappa shape index (κ1) is 19.0. The number of nitrogens with one attached hydrogen (secondary N) is 3. The van der Waals surface area contributed by atoms with Crippen LogP contribution in [0.3, 0.4) is 0 Å². The highest BCUT2D eigenvalue weighted by Crippen LogP contribution is 2.17. The lowest BCUT2D eigenvalue weighted by Crippen LogP contribution is -2.41. The number of piperidine rings is 1. The molecule has 0 aromatic heterocycles. The highest BCUT2D eigenvalue weighted by atomic mass is 35.5. The maximum absolute atomic E-state index is 12.8. The summed E-state index contributed by atoms with van der Waals surface area (Å²) in [4.78, 5) is 14.5. The molecule has 2 saturated heterocycles. The summed E-state index contributed by atoms with van der Waals surface area (Å²) in [5, 5.41) is 9.15. The van der Waals surface area contributed by atoms with Gasteiger partial charge in [0.15, 0.2) is 0 Å². The van der Waals surface area contributed by atoms with Gasteiger partial charge in [0.1, 0.15) is 5.82 Å². The van der Waals surface area contributed by atoms with E-state index in [9.17, 15) is 9.18 Å². The van der Waals surface area contributed by atoms with Gasteiger partial charge in [-0.1, -0.05) is 0 Å². The normalized spacial score (nSPS) is 22.0. The quantitative estimate of drug-likeness (QED) is 0.776. The summed E-state index contributed by atoms with van der Waals surface area (Å²) in [6, 6.07) is 5.78. The Morgan fingerprint density at radius 2 is 1.92 bits per heavy atom. The second-order valence-electron chi connectivity index (χ2n) is 6.54. The van der Waals surface area contributed by atoms with E-state index in [0.29, 0.717) is 5.69 Å². The minimum Gasteiger partial charge on any atom is -0.334 e. The van der Waals surface area contributed by atoms with Crippen molar-refractivity contribution in [3.8, 4) is 0 Å². The first-order chi connectivity index (χ1) is 11.2. The van der Waals surface area contributed by atoms with E-state index in [0.717, 1.165) is 45.1 Å². The van der Waals surface area contributed by atoms with Crippen LogP contribution < -0.4 is 16.0 Å². The van der Waals surface area contributed by atoms with Crippen LogP contribution in [0, 0.1) is 11.7 Å². The molecule has 2 heterocycles. The molecule has 0 bridgehead atoms. The molecule has 1 unspecified atom stereocenters. The number of nitrogens with zero attached hydrogens (tertiary/aromatic N) is 1. The van der Waals surface area contributed by atoms with E-state index < -0.39 is 0 Å². The lowest BCUT2D eigenvalue weighted by atomic mass is 9.98. The summed E-state index contributed by atoms with van der Waals surface area (Å²) in [6.07, 6.45) is 3.49. The van der Waals surface area contributed by atoms with Gasteiger partial charge in [-0.2, -0.15) is 0 Å². The maximum Gasteiger partial charge on any atom is 0.319 e. The monoisotopic (exact) mass is 356 g/mol. The third kappa shape index (κ3) is 5.61. The molecule has 0 saturated carbocycles. The summed E-state index contributed by atoms with van der Waals surface area (Å²) in [6.45, 7) is 5.35. The molecule has 2 fully saturated rings. The molecule has 1 aromatic rings. The van der Waals surface area contributed by atoms with Gasteiger partial charge in [-0.05, 0) is 62.5 Å². The molecule has 1 aromatic carbocycles. The molecule has 2 amide bonds. The van der Waals surface area contributed by atoms with Crippen molar-refractivity contribution in [3.05, 3.63) is 30.1 Å². The van der Waals surface area contributed by atoms with Gasteiger partial charge in [-0.3, -0.25) is 0 Å². The first-order valence-electron chi connectivity index (χ1n) is 8.45. The van der Waals surface area contributed by atoms with Crippen molar-refractivity contribution in [2.45, 2.75) is 25.3 Å². The van der Waals surface area contributed by atoms with Crippen LogP contribution in [0.5, 0.6) is 0 Å². The number of hydrogen-bond acceptors (Lipinski definition) is 3. The summed E-state index contributed by atoms with van der Waals surface area (Å²) in [7, 11) is 0. The van der Waals surface area contributed by atoms with E-state index in [2.05, 4.69) is 20.9 Å². The number of halogens is 2. The first-order valence-corrected chi connectivity index (χ1v) is 8.45. The third-order valence-electron chi connectivity index (χ3n) is 4.68. The Kier molecular flexibility index (Phi) is 7.27. The van der Waals surface area contributed by atoms with Crippen molar-refractivity contribution in [3.63, 3.8) is 0 Å². The summed E-state index contributed by atoms with van der Waals surface area (Å²) in [5.74, 6) is 0.475. The maximum atomic E-state index is 12.8. The van der Waals surface area contributed by atoms with Gasteiger partial charge in [0.05, 0.1) is 0 Å². The average Bonchev–Trinajstić information content (AvgIpc) is 2.97. The van der Waals surface area contributed by atoms with E-state index in [4.69, 9.17) is 0 Å². The number of amides is 2.